The SMILES string of the molecule is Cc1ccc(S(=O)(=O)[OH+]S(c2ccccc2)(c2ccccc2)c2c(C)cc(C)cc2C)cc1. The Hall–Kier alpha value is -2.86. The molecule has 4 rings (SSSR count). The van der Waals surface area contributed by atoms with Crippen molar-refractivity contribution in [3.63, 3.8) is 0 Å². The van der Waals surface area contributed by atoms with E-state index in [1.807, 2.05) is 79.7 Å². The molecule has 0 aliphatic carbocycles. The number of rotatable bonds is 6. The van der Waals surface area contributed by atoms with E-state index in [4.69, 9.17) is 3.63 Å². The molecule has 4 aromatic carbocycles. The van der Waals surface area contributed by atoms with Gasteiger partial charge >= 0.3 is 10.1 Å². The first-order valence-corrected chi connectivity index (χ1v) is 13.8. The van der Waals surface area contributed by atoms with Gasteiger partial charge in [-0.25, -0.2) is 0 Å². The van der Waals surface area contributed by atoms with E-state index in [-0.39, 0.29) is 4.90 Å². The molecule has 0 unspecified atom stereocenters. The van der Waals surface area contributed by atoms with Crippen molar-refractivity contribution in [1.82, 2.24) is 0 Å². The van der Waals surface area contributed by atoms with E-state index < -0.39 is 20.4 Å². The van der Waals surface area contributed by atoms with Crippen molar-refractivity contribution < 1.29 is 12.0 Å². The van der Waals surface area contributed by atoms with E-state index in [0.29, 0.717) is 0 Å². The van der Waals surface area contributed by atoms with Crippen LogP contribution in [0, 0.1) is 27.7 Å². The lowest BCUT2D eigenvalue weighted by Gasteiger charge is -2.37. The maximum Gasteiger partial charge on any atom is 0.422 e. The summed E-state index contributed by atoms with van der Waals surface area (Å²) in [7, 11) is -6.45. The Morgan fingerprint density at radius 3 is 1.45 bits per heavy atom. The maximum atomic E-state index is 13.8. The monoisotopic (exact) mass is 477 g/mol. The van der Waals surface area contributed by atoms with Crippen LogP contribution >= 0.6 is 10.3 Å². The first-order valence-electron chi connectivity index (χ1n) is 10.8. The van der Waals surface area contributed by atoms with Gasteiger partial charge in [-0.1, -0.05) is 71.8 Å². The maximum absolute atomic E-state index is 13.8. The van der Waals surface area contributed by atoms with Gasteiger partial charge in [-0.2, -0.15) is 0 Å². The molecule has 0 amide bonds. The average Bonchev–Trinajstić information content (AvgIpc) is 2.79. The van der Waals surface area contributed by atoms with Crippen LogP contribution in [0.15, 0.2) is 117 Å². The van der Waals surface area contributed by atoms with Gasteiger partial charge in [0.2, 0.25) is 0 Å². The summed E-state index contributed by atoms with van der Waals surface area (Å²) in [5, 5.41) is 0. The Balaban J connectivity index is 2.08. The van der Waals surface area contributed by atoms with Crippen LogP contribution in [0.3, 0.4) is 0 Å². The van der Waals surface area contributed by atoms with Gasteiger partial charge in [-0.3, -0.25) is 3.63 Å². The fraction of sp³-hybridized carbons (Fsp3) is 0.143. The molecule has 0 bridgehead atoms. The molecule has 0 aliphatic heterocycles. The molecule has 0 aliphatic rings. The lowest BCUT2D eigenvalue weighted by Crippen LogP contribution is -2.20. The van der Waals surface area contributed by atoms with Crippen molar-refractivity contribution in [3.8, 4) is 0 Å². The van der Waals surface area contributed by atoms with Gasteiger partial charge in [0.1, 0.15) is 4.90 Å². The normalized spacial score (nSPS) is 12.5. The smallest absolute Gasteiger partial charge is 0.258 e. The minimum absolute atomic E-state index is 0.208. The summed E-state index contributed by atoms with van der Waals surface area (Å²) < 4.78 is 32.5. The largest absolute Gasteiger partial charge is 0.422 e. The third-order valence-corrected chi connectivity index (χ3v) is 11.3. The second-order valence-corrected chi connectivity index (χ2v) is 12.8. The zero-order valence-corrected chi connectivity index (χ0v) is 21.0. The molecule has 0 spiro atoms. The third kappa shape index (κ3) is 4.49. The standard InChI is InChI=1S/C28H28O3S2/c1-21-15-17-27(18-16-21)33(29,30)31-32(25-11-7-5-8-12-25,26-13-9-6-10-14-26)28-23(3)19-22(2)20-24(28)4/h5-20H,1-4H3/p+1. The average molecular weight is 478 g/mol. The highest BCUT2D eigenvalue weighted by molar-refractivity contribution is 8.32. The molecule has 170 valence electrons. The third-order valence-electron chi connectivity index (χ3n) is 5.60. The fourth-order valence-electron chi connectivity index (χ4n) is 4.26. The van der Waals surface area contributed by atoms with E-state index in [1.54, 1.807) is 12.1 Å². The summed E-state index contributed by atoms with van der Waals surface area (Å²) in [5.41, 5.74) is 4.23. The van der Waals surface area contributed by atoms with E-state index in [0.717, 1.165) is 36.9 Å². The van der Waals surface area contributed by atoms with Crippen molar-refractivity contribution >= 4 is 20.4 Å². The fourth-order valence-corrected chi connectivity index (χ4v) is 10.1. The Morgan fingerprint density at radius 1 is 0.545 bits per heavy atom. The lowest BCUT2D eigenvalue weighted by atomic mass is 10.1. The Labute approximate surface area is 198 Å². The van der Waals surface area contributed by atoms with Gasteiger partial charge in [0, 0.05) is 0 Å². The quantitative estimate of drug-likeness (QED) is 0.212. The predicted octanol–water partition coefficient (Wildman–Crippen LogP) is 7.60. The molecule has 3 nitrogen and oxygen atoms in total. The number of hydrogen-bond donors (Lipinski definition) is 0. The summed E-state index contributed by atoms with van der Waals surface area (Å²) in [6, 6.07) is 30.8. The van der Waals surface area contributed by atoms with E-state index in [9.17, 15) is 8.42 Å². The minimum atomic E-state index is -3.96. The lowest BCUT2D eigenvalue weighted by molar-refractivity contribution is 0.386. The minimum Gasteiger partial charge on any atom is -0.258 e. The second-order valence-electron chi connectivity index (χ2n) is 8.30. The Morgan fingerprint density at radius 2 is 1.00 bits per heavy atom. The molecule has 33 heavy (non-hydrogen) atoms. The summed E-state index contributed by atoms with van der Waals surface area (Å²) in [6.07, 6.45) is 0. The topological polar surface area (TPSA) is 46.9 Å². The zero-order valence-electron chi connectivity index (χ0n) is 19.3. The highest BCUT2D eigenvalue weighted by Crippen LogP contribution is 2.70. The van der Waals surface area contributed by atoms with Crippen LogP contribution in [0.5, 0.6) is 0 Å². The van der Waals surface area contributed by atoms with Crippen molar-refractivity contribution in [2.45, 2.75) is 47.3 Å². The van der Waals surface area contributed by atoms with Crippen LogP contribution in [-0.4, -0.2) is 12.0 Å². The van der Waals surface area contributed by atoms with Crippen molar-refractivity contribution in [3.05, 3.63) is 119 Å². The molecular formula is C28H29O3S2+. The molecule has 0 atom stereocenters. The molecule has 5 heteroatoms. The molecule has 0 saturated heterocycles. The molecular weight excluding hydrogens is 448 g/mol. The van der Waals surface area contributed by atoms with Crippen LogP contribution < -0.4 is 0 Å². The molecule has 4 aromatic rings. The highest BCUT2D eigenvalue weighted by atomic mass is 32.3. The van der Waals surface area contributed by atoms with Crippen LogP contribution in [0.1, 0.15) is 22.3 Å². The van der Waals surface area contributed by atoms with Gasteiger partial charge in [0.05, 0.1) is 25.0 Å². The first kappa shape index (κ1) is 23.3. The summed E-state index contributed by atoms with van der Waals surface area (Å²) in [6.45, 7) is 8.11. The van der Waals surface area contributed by atoms with Gasteiger partial charge in [0.15, 0.2) is 0 Å². The van der Waals surface area contributed by atoms with E-state index in [1.165, 1.54) is 0 Å². The summed E-state index contributed by atoms with van der Waals surface area (Å²) in [4.78, 5) is 2.96. The summed E-state index contributed by atoms with van der Waals surface area (Å²) in [5.74, 6) is 0. The number of hydrogen-bond acceptors (Lipinski definition) is 2. The molecule has 1 N–H and O–H groups in total. The first-order chi connectivity index (χ1) is 15.7. The molecule has 0 heterocycles. The van der Waals surface area contributed by atoms with E-state index in [2.05, 4.69) is 32.9 Å². The molecule has 0 fully saturated rings. The summed E-state index contributed by atoms with van der Waals surface area (Å²) >= 11 is 0. The van der Waals surface area contributed by atoms with Crippen LogP contribution in [0.4, 0.5) is 0 Å². The zero-order chi connectivity index (χ0) is 23.6. The predicted molar refractivity (Wildman–Crippen MR) is 137 cm³/mol. The van der Waals surface area contributed by atoms with Crippen LogP contribution in [-0.2, 0) is 10.1 Å². The van der Waals surface area contributed by atoms with Crippen LogP contribution in [0.25, 0.3) is 0 Å². The van der Waals surface area contributed by atoms with Crippen molar-refractivity contribution in [1.29, 1.82) is 0 Å². The van der Waals surface area contributed by atoms with Gasteiger partial charge in [-0.15, -0.1) is 8.42 Å². The number of aryl methyl sites for hydroxylation is 4. The van der Waals surface area contributed by atoms with Crippen molar-refractivity contribution in [2.75, 3.05) is 0 Å². The highest BCUT2D eigenvalue weighted by Gasteiger charge is 2.45. The Bertz CT molecular complexity index is 1300. The Kier molecular flexibility index (Phi) is 6.48. The molecule has 0 radical (unpaired) electrons. The molecule has 0 aromatic heterocycles. The van der Waals surface area contributed by atoms with E-state index >= 15 is 0 Å². The number of benzene rings is 4. The van der Waals surface area contributed by atoms with Gasteiger partial charge in [-0.05, 0) is 75.2 Å². The van der Waals surface area contributed by atoms with Gasteiger partial charge < -0.3 is 0 Å². The van der Waals surface area contributed by atoms with Crippen molar-refractivity contribution in [2.24, 2.45) is 0 Å². The molecule has 0 saturated carbocycles. The van der Waals surface area contributed by atoms with Gasteiger partial charge in [0.25, 0.3) is 0 Å². The second kappa shape index (κ2) is 9.18. The van der Waals surface area contributed by atoms with Crippen LogP contribution in [0.2, 0.25) is 0 Å².